The molecule has 6 heteroatoms. The predicted molar refractivity (Wildman–Crippen MR) is 92.4 cm³/mol. The van der Waals surface area contributed by atoms with Crippen LogP contribution >= 0.6 is 0 Å². The van der Waals surface area contributed by atoms with E-state index in [0.29, 0.717) is 18.3 Å². The Balaban J connectivity index is 2.72. The molecule has 1 saturated carbocycles. The summed E-state index contributed by atoms with van der Waals surface area (Å²) in [6.07, 6.45) is 3.54. The number of carbonyl (C=O) groups is 3. The summed E-state index contributed by atoms with van der Waals surface area (Å²) in [5, 5.41) is 11.9. The highest BCUT2D eigenvalue weighted by molar-refractivity contribution is 5.83. The summed E-state index contributed by atoms with van der Waals surface area (Å²) < 4.78 is 0. The summed E-state index contributed by atoms with van der Waals surface area (Å²) in [5.74, 6) is -0.473. The van der Waals surface area contributed by atoms with Crippen molar-refractivity contribution in [3.63, 3.8) is 0 Å². The van der Waals surface area contributed by atoms with Crippen LogP contribution in [0, 0.1) is 17.3 Å². The summed E-state index contributed by atoms with van der Waals surface area (Å²) in [5.41, 5.74) is 0.224. The first kappa shape index (κ1) is 20.5. The molecule has 0 aromatic heterocycles. The normalized spacial score (nSPS) is 24.0. The number of carboxylic acids is 1. The fourth-order valence-corrected chi connectivity index (χ4v) is 4.08. The number of rotatable bonds is 7. The highest BCUT2D eigenvalue weighted by Gasteiger charge is 2.34. The Morgan fingerprint density at radius 1 is 1.29 bits per heavy atom. The van der Waals surface area contributed by atoms with E-state index in [1.165, 1.54) is 18.7 Å². The van der Waals surface area contributed by atoms with Gasteiger partial charge in [0, 0.05) is 26.4 Å². The Morgan fingerprint density at radius 3 is 2.42 bits per heavy atom. The number of aliphatic carboxylic acids is 1. The van der Waals surface area contributed by atoms with Crippen LogP contribution in [-0.4, -0.2) is 46.9 Å². The van der Waals surface area contributed by atoms with E-state index in [4.69, 9.17) is 0 Å². The Labute approximate surface area is 145 Å². The second kappa shape index (κ2) is 8.49. The highest BCUT2D eigenvalue weighted by Crippen LogP contribution is 2.43. The van der Waals surface area contributed by atoms with Crippen LogP contribution in [-0.2, 0) is 14.4 Å². The number of hydrogen-bond donors (Lipinski definition) is 2. The predicted octanol–water partition coefficient (Wildman–Crippen LogP) is 2.28. The smallest absolute Gasteiger partial charge is 0.326 e. The minimum absolute atomic E-state index is 0.134. The zero-order chi connectivity index (χ0) is 18.5. The molecule has 2 N–H and O–H groups in total. The van der Waals surface area contributed by atoms with E-state index in [1.807, 2.05) is 0 Å². The van der Waals surface area contributed by atoms with E-state index in [-0.39, 0.29) is 30.3 Å². The Morgan fingerprint density at radius 2 is 1.92 bits per heavy atom. The number of amides is 2. The standard InChI is InChI=1S/C18H32N2O4/c1-12-8-15(11-18(4,5)10-12)9-16(22)20(13(2)17(23)24)7-6-19-14(3)21/h12-13,15H,6-11H2,1-5H3,(H,19,21)(H,23,24). The molecule has 3 unspecified atom stereocenters. The van der Waals surface area contributed by atoms with Crippen molar-refractivity contribution >= 4 is 17.8 Å². The first-order valence-electron chi connectivity index (χ1n) is 8.78. The van der Waals surface area contributed by atoms with Gasteiger partial charge in [-0.3, -0.25) is 9.59 Å². The average Bonchev–Trinajstić information content (AvgIpc) is 2.39. The van der Waals surface area contributed by atoms with Crippen molar-refractivity contribution in [1.29, 1.82) is 0 Å². The lowest BCUT2D eigenvalue weighted by molar-refractivity contribution is -0.150. The lowest BCUT2D eigenvalue weighted by Gasteiger charge is -2.39. The Kier molecular flexibility index (Phi) is 7.24. The van der Waals surface area contributed by atoms with Crippen LogP contribution in [0.25, 0.3) is 0 Å². The maximum Gasteiger partial charge on any atom is 0.326 e. The number of nitrogens with zero attached hydrogens (tertiary/aromatic N) is 1. The van der Waals surface area contributed by atoms with E-state index < -0.39 is 12.0 Å². The zero-order valence-electron chi connectivity index (χ0n) is 15.6. The topological polar surface area (TPSA) is 86.7 Å². The van der Waals surface area contributed by atoms with Gasteiger partial charge in [0.15, 0.2) is 0 Å². The summed E-state index contributed by atoms with van der Waals surface area (Å²) in [6, 6.07) is -0.889. The molecule has 0 spiro atoms. The first-order valence-corrected chi connectivity index (χ1v) is 8.78. The monoisotopic (exact) mass is 340 g/mol. The van der Waals surface area contributed by atoms with Crippen LogP contribution in [0.5, 0.6) is 0 Å². The van der Waals surface area contributed by atoms with Crippen molar-refractivity contribution < 1.29 is 19.5 Å². The Hall–Kier alpha value is -1.59. The van der Waals surface area contributed by atoms with Gasteiger partial charge < -0.3 is 15.3 Å². The lowest BCUT2D eigenvalue weighted by Crippen LogP contribution is -2.47. The van der Waals surface area contributed by atoms with Gasteiger partial charge in [-0.2, -0.15) is 0 Å². The van der Waals surface area contributed by atoms with Crippen LogP contribution < -0.4 is 5.32 Å². The molecule has 24 heavy (non-hydrogen) atoms. The summed E-state index contributed by atoms with van der Waals surface area (Å²) in [6.45, 7) is 10.1. The van der Waals surface area contributed by atoms with Gasteiger partial charge in [0.2, 0.25) is 11.8 Å². The van der Waals surface area contributed by atoms with Crippen LogP contribution in [0.1, 0.15) is 60.3 Å². The van der Waals surface area contributed by atoms with Gasteiger partial charge >= 0.3 is 5.97 Å². The summed E-state index contributed by atoms with van der Waals surface area (Å²) in [7, 11) is 0. The summed E-state index contributed by atoms with van der Waals surface area (Å²) >= 11 is 0. The second-order valence-corrected chi connectivity index (χ2v) is 8.07. The lowest BCUT2D eigenvalue weighted by atomic mass is 9.67. The molecule has 0 radical (unpaired) electrons. The molecule has 0 aliphatic heterocycles. The molecule has 0 bridgehead atoms. The van der Waals surface area contributed by atoms with Gasteiger partial charge in [0.25, 0.3) is 0 Å². The molecule has 1 aliphatic rings. The van der Waals surface area contributed by atoms with E-state index in [9.17, 15) is 19.5 Å². The molecule has 0 aromatic carbocycles. The molecule has 1 fully saturated rings. The zero-order valence-corrected chi connectivity index (χ0v) is 15.6. The summed E-state index contributed by atoms with van der Waals surface area (Å²) in [4.78, 5) is 36.4. The van der Waals surface area contributed by atoms with Crippen molar-refractivity contribution in [3.8, 4) is 0 Å². The first-order chi connectivity index (χ1) is 11.0. The highest BCUT2D eigenvalue weighted by atomic mass is 16.4. The maximum atomic E-state index is 12.7. The third-order valence-corrected chi connectivity index (χ3v) is 4.81. The minimum Gasteiger partial charge on any atom is -0.480 e. The molecule has 3 atom stereocenters. The van der Waals surface area contributed by atoms with Crippen LogP contribution in [0.15, 0.2) is 0 Å². The van der Waals surface area contributed by atoms with Crippen molar-refractivity contribution in [2.24, 2.45) is 17.3 Å². The number of carboxylic acid groups (broad SMARTS) is 1. The molecule has 1 rings (SSSR count). The number of hydrogen-bond acceptors (Lipinski definition) is 3. The molecule has 0 saturated heterocycles. The number of carbonyl (C=O) groups excluding carboxylic acids is 2. The van der Waals surface area contributed by atoms with Crippen LogP contribution in [0.3, 0.4) is 0 Å². The van der Waals surface area contributed by atoms with Gasteiger partial charge in [-0.05, 0) is 43.4 Å². The fourth-order valence-electron chi connectivity index (χ4n) is 4.08. The van der Waals surface area contributed by atoms with Gasteiger partial charge in [-0.1, -0.05) is 20.8 Å². The second-order valence-electron chi connectivity index (χ2n) is 8.07. The average molecular weight is 340 g/mol. The van der Waals surface area contributed by atoms with E-state index >= 15 is 0 Å². The fraction of sp³-hybridized carbons (Fsp3) is 0.833. The van der Waals surface area contributed by atoms with Crippen molar-refractivity contribution in [2.45, 2.75) is 66.3 Å². The van der Waals surface area contributed by atoms with E-state index in [0.717, 1.165) is 19.3 Å². The SMILES string of the molecule is CC(=O)NCCN(C(=O)CC1CC(C)CC(C)(C)C1)C(C)C(=O)O. The molecule has 2 amide bonds. The number of nitrogens with one attached hydrogen (secondary N) is 1. The van der Waals surface area contributed by atoms with Crippen molar-refractivity contribution in [2.75, 3.05) is 13.1 Å². The molecule has 0 aromatic rings. The minimum atomic E-state index is -1.02. The van der Waals surface area contributed by atoms with E-state index in [1.54, 1.807) is 0 Å². The molecule has 138 valence electrons. The molecule has 1 aliphatic carbocycles. The van der Waals surface area contributed by atoms with Crippen LogP contribution in [0.4, 0.5) is 0 Å². The molecular formula is C18H32N2O4. The van der Waals surface area contributed by atoms with Gasteiger partial charge in [0.1, 0.15) is 6.04 Å². The quantitative estimate of drug-likeness (QED) is 0.744. The molecular weight excluding hydrogens is 308 g/mol. The van der Waals surface area contributed by atoms with Crippen LogP contribution in [0.2, 0.25) is 0 Å². The van der Waals surface area contributed by atoms with Gasteiger partial charge in [0.05, 0.1) is 0 Å². The third-order valence-electron chi connectivity index (χ3n) is 4.81. The van der Waals surface area contributed by atoms with Crippen molar-refractivity contribution in [1.82, 2.24) is 10.2 Å². The molecule has 0 heterocycles. The van der Waals surface area contributed by atoms with Crippen molar-refractivity contribution in [3.05, 3.63) is 0 Å². The molecule has 6 nitrogen and oxygen atoms in total. The Bertz CT molecular complexity index is 476. The van der Waals surface area contributed by atoms with Gasteiger partial charge in [-0.15, -0.1) is 0 Å². The largest absolute Gasteiger partial charge is 0.480 e. The van der Waals surface area contributed by atoms with E-state index in [2.05, 4.69) is 26.1 Å². The maximum absolute atomic E-state index is 12.7. The van der Waals surface area contributed by atoms with Gasteiger partial charge in [-0.25, -0.2) is 4.79 Å². The third kappa shape index (κ3) is 6.49.